The summed E-state index contributed by atoms with van der Waals surface area (Å²) in [4.78, 5) is 8.70. The average molecular weight is 203 g/mol. The van der Waals surface area contributed by atoms with Crippen molar-refractivity contribution in [3.05, 3.63) is 0 Å². The molecular formula is CCu2O2S. The fourth-order valence-electron chi connectivity index (χ4n) is 0. The smallest absolute Gasteiger partial charge is 0.764 e. The molecule has 0 aliphatic heterocycles. The van der Waals surface area contributed by atoms with Crippen molar-refractivity contribution in [2.45, 2.75) is 0 Å². The largest absolute Gasteiger partial charge is 1.00 e. The zero-order valence-electron chi connectivity index (χ0n) is 2.33. The average Bonchev–Trinajstić information content (AvgIpc) is 0.811. The molecule has 0 bridgehead atoms. The summed E-state index contributed by atoms with van der Waals surface area (Å²) in [6.07, 6.45) is 0. The van der Waals surface area contributed by atoms with E-state index in [1.54, 1.807) is 0 Å². The minimum absolute atomic E-state index is 0. The van der Waals surface area contributed by atoms with E-state index in [4.69, 9.17) is 9.90 Å². The van der Waals surface area contributed by atoms with Gasteiger partial charge in [-0.2, -0.15) is 0 Å². The van der Waals surface area contributed by atoms with E-state index in [2.05, 4.69) is 12.6 Å². The van der Waals surface area contributed by atoms with Gasteiger partial charge in [-0.3, -0.25) is 0 Å². The van der Waals surface area contributed by atoms with Crippen molar-refractivity contribution < 1.29 is 44.0 Å². The first-order valence-electron chi connectivity index (χ1n) is 0.612. The van der Waals surface area contributed by atoms with Gasteiger partial charge in [0.2, 0.25) is 0 Å². The maximum absolute atomic E-state index is 8.70. The van der Waals surface area contributed by atoms with E-state index in [1.165, 1.54) is 0 Å². The molecule has 0 heterocycles. The third-order valence-corrected chi connectivity index (χ3v) is 0. The van der Waals surface area contributed by atoms with Gasteiger partial charge in [0.05, 0.1) is 0 Å². The number of rotatable bonds is 0. The second-order valence-corrected chi connectivity index (χ2v) is 0.583. The molecule has 0 spiro atoms. The first kappa shape index (κ1) is 15.9. The maximum Gasteiger partial charge on any atom is 1.00 e. The van der Waals surface area contributed by atoms with Gasteiger partial charge in [0.25, 0.3) is 0 Å². The number of hydrogen-bond acceptors (Lipinski definition) is 3. The van der Waals surface area contributed by atoms with E-state index in [0.29, 0.717) is 0 Å². The van der Waals surface area contributed by atoms with Crippen LogP contribution < -0.4 is 5.11 Å². The summed E-state index contributed by atoms with van der Waals surface area (Å²) in [6, 6.07) is 0. The third-order valence-electron chi connectivity index (χ3n) is 0. The zero-order valence-corrected chi connectivity index (χ0v) is 5.03. The molecule has 0 saturated heterocycles. The van der Waals surface area contributed by atoms with Crippen molar-refractivity contribution >= 4 is 17.9 Å². The van der Waals surface area contributed by atoms with Crippen LogP contribution in [0.3, 0.4) is 0 Å². The molecule has 0 unspecified atom stereocenters. The molecule has 0 aromatic rings. The molecule has 0 aliphatic rings. The Labute approximate surface area is 62.0 Å². The minimum atomic E-state index is -1.50. The Morgan fingerprint density at radius 1 is 1.50 bits per heavy atom. The standard InChI is InChI=1S/CH2O2S.2Cu/c2-1(3)4;;/h4H,(H,2,3);;/q;2*+1/p-2. The van der Waals surface area contributed by atoms with Gasteiger partial charge in [0, 0.05) is 0 Å². The van der Waals surface area contributed by atoms with Gasteiger partial charge in [-0.25, -0.2) is 0 Å². The van der Waals surface area contributed by atoms with Gasteiger partial charge in [0.15, 0.2) is 0 Å². The molecule has 0 amide bonds. The van der Waals surface area contributed by atoms with Crippen LogP contribution in [0.1, 0.15) is 0 Å². The molecule has 0 radical (unpaired) electrons. The second kappa shape index (κ2) is 9.21. The summed E-state index contributed by atoms with van der Waals surface area (Å²) in [5, 5.41) is 7.20. The minimum Gasteiger partial charge on any atom is -0.764 e. The monoisotopic (exact) mass is 202 g/mol. The summed E-state index contributed by atoms with van der Waals surface area (Å²) >= 11 is 3.43. The van der Waals surface area contributed by atoms with Crippen molar-refractivity contribution in [2.75, 3.05) is 0 Å². The predicted octanol–water partition coefficient (Wildman–Crippen LogP) is -1.13. The van der Waals surface area contributed by atoms with Gasteiger partial charge in [-0.05, 0) is 0 Å². The summed E-state index contributed by atoms with van der Waals surface area (Å²) < 4.78 is 0. The Balaban J connectivity index is -0.0000000450. The molecule has 0 aromatic carbocycles. The Morgan fingerprint density at radius 2 is 1.50 bits per heavy atom. The first-order chi connectivity index (χ1) is 1.73. The molecular weight excluding hydrogens is 203 g/mol. The Bertz CT molecular complexity index is 34.5. The first-order valence-corrected chi connectivity index (χ1v) is 1.02. The molecule has 0 aliphatic carbocycles. The predicted molar refractivity (Wildman–Crippen MR) is 12.8 cm³/mol. The van der Waals surface area contributed by atoms with E-state index in [9.17, 15) is 0 Å². The van der Waals surface area contributed by atoms with Crippen molar-refractivity contribution in [3.63, 3.8) is 0 Å². The van der Waals surface area contributed by atoms with E-state index >= 15 is 0 Å². The van der Waals surface area contributed by atoms with Crippen LogP contribution in [-0.2, 0) is 46.8 Å². The van der Waals surface area contributed by atoms with Gasteiger partial charge in [-0.15, -0.1) is 0 Å². The van der Waals surface area contributed by atoms with Crippen LogP contribution in [0.25, 0.3) is 0 Å². The number of carbonyl (C=O) groups is 1. The SMILES string of the molecule is O=C([O-])[S-].[Cu+].[Cu+]. The zero-order chi connectivity index (χ0) is 3.58. The Kier molecular flexibility index (Phi) is 24.4. The number of hydrogen-bond donors (Lipinski definition) is 0. The van der Waals surface area contributed by atoms with Crippen LogP contribution in [0.4, 0.5) is 4.79 Å². The van der Waals surface area contributed by atoms with Crippen LogP contribution in [0.2, 0.25) is 0 Å². The van der Waals surface area contributed by atoms with Gasteiger partial charge in [-0.1, -0.05) is 5.30 Å². The van der Waals surface area contributed by atoms with Gasteiger partial charge < -0.3 is 22.5 Å². The fraction of sp³-hybridized carbons (Fsp3) is 0. The van der Waals surface area contributed by atoms with Gasteiger partial charge >= 0.3 is 34.1 Å². The quantitative estimate of drug-likeness (QED) is 0.369. The molecule has 44 valence electrons. The second-order valence-electron chi connectivity index (χ2n) is 0.250. The summed E-state index contributed by atoms with van der Waals surface area (Å²) in [5.74, 6) is 0. The fourth-order valence-corrected chi connectivity index (χ4v) is 0. The Morgan fingerprint density at radius 3 is 1.50 bits per heavy atom. The Hall–Kier alpha value is 0.729. The van der Waals surface area contributed by atoms with E-state index in [0.717, 1.165) is 0 Å². The maximum atomic E-state index is 8.70. The van der Waals surface area contributed by atoms with E-state index in [-0.39, 0.29) is 34.1 Å². The third kappa shape index (κ3) is 124. The summed E-state index contributed by atoms with van der Waals surface area (Å²) in [6.45, 7) is 0. The summed E-state index contributed by atoms with van der Waals surface area (Å²) in [5.41, 5.74) is 0. The molecule has 0 N–H and O–H groups in total. The topological polar surface area (TPSA) is 40.1 Å². The molecule has 0 fully saturated rings. The molecule has 0 saturated carbocycles. The van der Waals surface area contributed by atoms with Crippen molar-refractivity contribution in [3.8, 4) is 0 Å². The van der Waals surface area contributed by atoms with Crippen LogP contribution in [-0.4, -0.2) is 5.30 Å². The molecule has 5 heteroatoms. The van der Waals surface area contributed by atoms with Crippen LogP contribution >= 0.6 is 0 Å². The molecule has 2 nitrogen and oxygen atoms in total. The molecule has 0 aromatic heterocycles. The van der Waals surface area contributed by atoms with Crippen LogP contribution in [0.5, 0.6) is 0 Å². The van der Waals surface area contributed by atoms with Crippen LogP contribution in [0.15, 0.2) is 0 Å². The number of carbonyl (C=O) groups excluding carboxylic acids is 1. The van der Waals surface area contributed by atoms with Crippen LogP contribution in [0, 0.1) is 0 Å². The normalized spacial score (nSPS) is 4.00. The van der Waals surface area contributed by atoms with Crippen molar-refractivity contribution in [1.82, 2.24) is 0 Å². The number of carboxylic acid groups (broad SMARTS) is 1. The summed E-state index contributed by atoms with van der Waals surface area (Å²) in [7, 11) is 0. The molecule has 0 atom stereocenters. The van der Waals surface area contributed by atoms with E-state index < -0.39 is 5.30 Å². The van der Waals surface area contributed by atoms with E-state index in [1.807, 2.05) is 0 Å². The van der Waals surface area contributed by atoms with Crippen molar-refractivity contribution in [2.24, 2.45) is 0 Å². The van der Waals surface area contributed by atoms with Crippen molar-refractivity contribution in [1.29, 1.82) is 0 Å². The molecule has 6 heavy (non-hydrogen) atoms. The van der Waals surface area contributed by atoms with Gasteiger partial charge in [0.1, 0.15) is 0 Å². The molecule has 0 rings (SSSR count).